The van der Waals surface area contributed by atoms with Crippen LogP contribution in [-0.2, 0) is 0 Å². The molecule has 0 aliphatic rings. The van der Waals surface area contributed by atoms with Crippen molar-refractivity contribution in [3.05, 3.63) is 29.8 Å². The molecule has 0 spiro atoms. The van der Waals surface area contributed by atoms with Crippen LogP contribution >= 0.6 is 12.2 Å². The van der Waals surface area contributed by atoms with Gasteiger partial charge in [0.1, 0.15) is 0 Å². The zero-order valence-corrected chi connectivity index (χ0v) is 12.5. The number of thiocarbonyl (C=S) groups is 1. The molecule has 4 heteroatoms. The van der Waals surface area contributed by atoms with Crippen molar-refractivity contribution >= 4 is 22.9 Å². The molecule has 18 heavy (non-hydrogen) atoms. The van der Waals surface area contributed by atoms with Crippen molar-refractivity contribution in [3.8, 4) is 0 Å². The van der Waals surface area contributed by atoms with Gasteiger partial charge in [-0.2, -0.15) is 0 Å². The number of nitrogens with zero attached hydrogens (tertiary/aromatic N) is 2. The van der Waals surface area contributed by atoms with Crippen molar-refractivity contribution in [2.45, 2.75) is 19.9 Å². The van der Waals surface area contributed by atoms with Crippen LogP contribution in [0.4, 0.5) is 5.69 Å². The Labute approximate surface area is 116 Å². The van der Waals surface area contributed by atoms with E-state index in [0.29, 0.717) is 4.99 Å². The third-order valence-electron chi connectivity index (χ3n) is 3.12. The summed E-state index contributed by atoms with van der Waals surface area (Å²) in [5.74, 6) is 0. The van der Waals surface area contributed by atoms with Gasteiger partial charge in [-0.1, -0.05) is 24.4 Å². The lowest BCUT2D eigenvalue weighted by Crippen LogP contribution is -2.31. The summed E-state index contributed by atoms with van der Waals surface area (Å²) in [6.07, 6.45) is 0. The highest BCUT2D eigenvalue weighted by atomic mass is 32.1. The monoisotopic (exact) mass is 265 g/mol. The minimum absolute atomic E-state index is 0.00533. The van der Waals surface area contributed by atoms with Crippen LogP contribution in [0.5, 0.6) is 0 Å². The van der Waals surface area contributed by atoms with Crippen LogP contribution in [-0.4, -0.2) is 37.1 Å². The van der Waals surface area contributed by atoms with Gasteiger partial charge in [-0.3, -0.25) is 4.90 Å². The summed E-state index contributed by atoms with van der Waals surface area (Å²) in [6.45, 7) is 6.36. The predicted octanol–water partition coefficient (Wildman–Crippen LogP) is 2.42. The molecule has 2 N–H and O–H groups in total. The first-order chi connectivity index (χ1) is 8.51. The SMILES string of the molecule is CCN(CC)c1ccc(C(C(N)=S)N(C)C)cc1. The van der Waals surface area contributed by atoms with E-state index in [1.165, 1.54) is 5.69 Å². The molecule has 0 aliphatic carbocycles. The van der Waals surface area contributed by atoms with Gasteiger partial charge < -0.3 is 10.6 Å². The first-order valence-electron chi connectivity index (χ1n) is 6.31. The molecule has 0 fully saturated rings. The summed E-state index contributed by atoms with van der Waals surface area (Å²) in [5, 5.41) is 0. The summed E-state index contributed by atoms with van der Waals surface area (Å²) in [5.41, 5.74) is 8.18. The van der Waals surface area contributed by atoms with Gasteiger partial charge in [0.05, 0.1) is 11.0 Å². The first-order valence-corrected chi connectivity index (χ1v) is 6.72. The predicted molar refractivity (Wildman–Crippen MR) is 83.2 cm³/mol. The Morgan fingerprint density at radius 1 is 1.17 bits per heavy atom. The summed E-state index contributed by atoms with van der Waals surface area (Å²) < 4.78 is 0. The maximum Gasteiger partial charge on any atom is 0.0948 e. The van der Waals surface area contributed by atoms with Crippen LogP contribution in [0.3, 0.4) is 0 Å². The first kappa shape index (κ1) is 14.9. The number of hydrogen-bond donors (Lipinski definition) is 1. The van der Waals surface area contributed by atoms with Crippen LogP contribution in [0.15, 0.2) is 24.3 Å². The van der Waals surface area contributed by atoms with Crippen molar-refractivity contribution in [1.82, 2.24) is 4.90 Å². The van der Waals surface area contributed by atoms with E-state index >= 15 is 0 Å². The van der Waals surface area contributed by atoms with Crippen LogP contribution < -0.4 is 10.6 Å². The van der Waals surface area contributed by atoms with E-state index in [0.717, 1.165) is 18.7 Å². The van der Waals surface area contributed by atoms with E-state index in [-0.39, 0.29) is 6.04 Å². The molecule has 0 bridgehead atoms. The molecular weight excluding hydrogens is 242 g/mol. The van der Waals surface area contributed by atoms with Gasteiger partial charge >= 0.3 is 0 Å². The maximum absolute atomic E-state index is 5.80. The lowest BCUT2D eigenvalue weighted by molar-refractivity contribution is 0.371. The van der Waals surface area contributed by atoms with E-state index in [1.807, 2.05) is 19.0 Å². The van der Waals surface area contributed by atoms with Gasteiger partial charge in [-0.05, 0) is 45.6 Å². The molecule has 1 aromatic rings. The van der Waals surface area contributed by atoms with Crippen molar-refractivity contribution < 1.29 is 0 Å². The van der Waals surface area contributed by atoms with E-state index in [2.05, 4.69) is 43.0 Å². The third-order valence-corrected chi connectivity index (χ3v) is 3.35. The lowest BCUT2D eigenvalue weighted by atomic mass is 10.1. The van der Waals surface area contributed by atoms with E-state index < -0.39 is 0 Å². The number of rotatable bonds is 6. The van der Waals surface area contributed by atoms with Crippen molar-refractivity contribution in [2.75, 3.05) is 32.1 Å². The number of benzene rings is 1. The van der Waals surface area contributed by atoms with Crippen molar-refractivity contribution in [2.24, 2.45) is 5.73 Å². The minimum atomic E-state index is 0.00533. The molecule has 1 rings (SSSR count). The fraction of sp³-hybridized carbons (Fsp3) is 0.500. The lowest BCUT2D eigenvalue weighted by Gasteiger charge is -2.25. The fourth-order valence-corrected chi connectivity index (χ4v) is 2.52. The summed E-state index contributed by atoms with van der Waals surface area (Å²) in [6, 6.07) is 8.49. The molecule has 0 saturated heterocycles. The highest BCUT2D eigenvalue weighted by Crippen LogP contribution is 2.22. The highest BCUT2D eigenvalue weighted by Gasteiger charge is 2.16. The van der Waals surface area contributed by atoms with Crippen LogP contribution in [0, 0.1) is 0 Å². The van der Waals surface area contributed by atoms with Crippen molar-refractivity contribution in [3.63, 3.8) is 0 Å². The molecule has 0 heterocycles. The Bertz CT molecular complexity index is 383. The van der Waals surface area contributed by atoms with Gasteiger partial charge in [0, 0.05) is 18.8 Å². The van der Waals surface area contributed by atoms with Crippen LogP contribution in [0.1, 0.15) is 25.5 Å². The standard InChI is InChI=1S/C14H23N3S/c1-5-17(6-2)12-9-7-11(8-10-12)13(14(15)18)16(3)4/h7-10,13H,5-6H2,1-4H3,(H2,15,18). The van der Waals surface area contributed by atoms with E-state index in [4.69, 9.17) is 18.0 Å². The second-order valence-corrected chi connectivity index (χ2v) is 5.00. The van der Waals surface area contributed by atoms with Gasteiger partial charge in [-0.25, -0.2) is 0 Å². The Morgan fingerprint density at radius 3 is 2.00 bits per heavy atom. The average molecular weight is 265 g/mol. The van der Waals surface area contributed by atoms with Gasteiger partial charge in [0.2, 0.25) is 0 Å². The van der Waals surface area contributed by atoms with Crippen LogP contribution in [0.2, 0.25) is 0 Å². The molecular formula is C14H23N3S. The van der Waals surface area contributed by atoms with Crippen molar-refractivity contribution in [1.29, 1.82) is 0 Å². The smallest absolute Gasteiger partial charge is 0.0948 e. The second kappa shape index (κ2) is 6.71. The molecule has 0 radical (unpaired) electrons. The number of hydrogen-bond acceptors (Lipinski definition) is 3. The maximum atomic E-state index is 5.80. The average Bonchev–Trinajstić information content (AvgIpc) is 2.31. The fourth-order valence-electron chi connectivity index (χ4n) is 2.17. The van der Waals surface area contributed by atoms with E-state index in [1.54, 1.807) is 0 Å². The largest absolute Gasteiger partial charge is 0.392 e. The Morgan fingerprint density at radius 2 is 1.67 bits per heavy atom. The second-order valence-electron chi connectivity index (χ2n) is 4.53. The number of likely N-dealkylation sites (N-methyl/N-ethyl adjacent to an activating group) is 1. The molecule has 1 aromatic carbocycles. The van der Waals surface area contributed by atoms with Crippen LogP contribution in [0.25, 0.3) is 0 Å². The highest BCUT2D eigenvalue weighted by molar-refractivity contribution is 7.80. The summed E-state index contributed by atoms with van der Waals surface area (Å²) in [4.78, 5) is 4.86. The molecule has 0 saturated carbocycles. The molecule has 1 unspecified atom stereocenters. The quantitative estimate of drug-likeness (QED) is 0.801. The topological polar surface area (TPSA) is 32.5 Å². The molecule has 0 amide bonds. The summed E-state index contributed by atoms with van der Waals surface area (Å²) >= 11 is 5.13. The molecule has 100 valence electrons. The van der Waals surface area contributed by atoms with E-state index in [9.17, 15) is 0 Å². The Kier molecular flexibility index (Phi) is 5.56. The molecule has 3 nitrogen and oxygen atoms in total. The normalized spacial score (nSPS) is 12.5. The number of anilines is 1. The zero-order chi connectivity index (χ0) is 13.7. The van der Waals surface area contributed by atoms with Gasteiger partial charge in [-0.15, -0.1) is 0 Å². The summed E-state index contributed by atoms with van der Waals surface area (Å²) in [7, 11) is 3.98. The Balaban J connectivity index is 2.97. The van der Waals surface area contributed by atoms with Gasteiger partial charge in [0.25, 0.3) is 0 Å². The third kappa shape index (κ3) is 3.43. The van der Waals surface area contributed by atoms with Gasteiger partial charge in [0.15, 0.2) is 0 Å². The molecule has 0 aromatic heterocycles. The minimum Gasteiger partial charge on any atom is -0.392 e. The number of nitrogens with two attached hydrogens (primary N) is 1. The Hall–Kier alpha value is -1.13. The molecule has 1 atom stereocenters. The molecule has 0 aliphatic heterocycles. The zero-order valence-electron chi connectivity index (χ0n) is 11.7.